The van der Waals surface area contributed by atoms with E-state index >= 15 is 0 Å². The topological polar surface area (TPSA) is 86.5 Å². The van der Waals surface area contributed by atoms with Crippen LogP contribution in [0.3, 0.4) is 0 Å². The van der Waals surface area contributed by atoms with Crippen molar-refractivity contribution in [1.29, 1.82) is 0 Å². The van der Waals surface area contributed by atoms with E-state index < -0.39 is 4.92 Å². The highest BCUT2D eigenvalue weighted by atomic mass is 16.6. The minimum Gasteiger partial charge on any atom is -0.481 e. The van der Waals surface area contributed by atoms with E-state index in [9.17, 15) is 10.1 Å². The minimum absolute atomic E-state index is 0.0305. The van der Waals surface area contributed by atoms with Crippen molar-refractivity contribution >= 4 is 5.69 Å². The molecule has 1 N–H and O–H groups in total. The Hall–Kier alpha value is -1.89. The fraction of sp³-hybridized carbons (Fsp3) is 0.500. The van der Waals surface area contributed by atoms with E-state index in [-0.39, 0.29) is 23.6 Å². The molecule has 7 heteroatoms. The first-order chi connectivity index (χ1) is 8.08. The molecule has 17 heavy (non-hydrogen) atoms. The van der Waals surface area contributed by atoms with Crippen molar-refractivity contribution < 1.29 is 14.4 Å². The summed E-state index contributed by atoms with van der Waals surface area (Å²) in [6.45, 7) is 2.36. The van der Waals surface area contributed by atoms with Gasteiger partial charge in [-0.3, -0.25) is 10.1 Å². The molecule has 1 atom stereocenters. The number of pyridine rings is 1. The third-order valence-electron chi connectivity index (χ3n) is 2.02. The predicted octanol–water partition coefficient (Wildman–Crippen LogP) is 0.985. The maximum atomic E-state index is 10.8. The highest BCUT2D eigenvalue weighted by molar-refractivity contribution is 5.43. The summed E-state index contributed by atoms with van der Waals surface area (Å²) in [6.07, 6.45) is -0.224. The highest BCUT2D eigenvalue weighted by Crippen LogP contribution is 2.27. The maximum absolute atomic E-state index is 10.8. The molecule has 0 aliphatic heterocycles. The predicted molar refractivity (Wildman–Crippen MR) is 61.5 cm³/mol. The molecule has 0 aromatic carbocycles. The number of methoxy groups -OCH3 is 1. The van der Waals surface area contributed by atoms with Gasteiger partial charge in [-0.25, -0.2) is 0 Å². The van der Waals surface area contributed by atoms with Gasteiger partial charge in [0.05, 0.1) is 12.0 Å². The van der Waals surface area contributed by atoms with E-state index in [0.29, 0.717) is 6.54 Å². The van der Waals surface area contributed by atoms with Crippen LogP contribution in [0.15, 0.2) is 12.1 Å². The Labute approximate surface area is 98.9 Å². The molecule has 0 aliphatic carbocycles. The standard InChI is InChI=1S/C10H15N3O4/c1-7(6-11-2)17-10-8(13(14)15)4-5-9(12-10)16-3/h4-5,7,11H,6H2,1-3H3. The molecule has 0 spiro atoms. The molecule has 7 nitrogen and oxygen atoms in total. The number of nitrogens with zero attached hydrogens (tertiary/aromatic N) is 2. The lowest BCUT2D eigenvalue weighted by molar-refractivity contribution is -0.386. The number of hydrogen-bond acceptors (Lipinski definition) is 6. The summed E-state index contributed by atoms with van der Waals surface area (Å²) in [6, 6.07) is 2.74. The summed E-state index contributed by atoms with van der Waals surface area (Å²) >= 11 is 0. The maximum Gasteiger partial charge on any atom is 0.331 e. The van der Waals surface area contributed by atoms with Crippen LogP contribution in [0, 0.1) is 10.1 Å². The lowest BCUT2D eigenvalue weighted by atomic mass is 10.3. The van der Waals surface area contributed by atoms with Crippen LogP contribution < -0.4 is 14.8 Å². The second kappa shape index (κ2) is 6.00. The van der Waals surface area contributed by atoms with E-state index in [4.69, 9.17) is 9.47 Å². The molecule has 0 radical (unpaired) electrons. The third-order valence-corrected chi connectivity index (χ3v) is 2.02. The Morgan fingerprint density at radius 1 is 1.59 bits per heavy atom. The summed E-state index contributed by atoms with van der Waals surface area (Å²) in [7, 11) is 3.21. The van der Waals surface area contributed by atoms with E-state index in [1.165, 1.54) is 19.2 Å². The van der Waals surface area contributed by atoms with E-state index in [0.717, 1.165) is 0 Å². The SMILES string of the molecule is CNCC(C)Oc1nc(OC)ccc1[N+](=O)[O-]. The zero-order valence-electron chi connectivity index (χ0n) is 9.97. The third kappa shape index (κ3) is 3.56. The van der Waals surface area contributed by atoms with Gasteiger partial charge in [-0.15, -0.1) is 0 Å². The first kappa shape index (κ1) is 13.2. The summed E-state index contributed by atoms with van der Waals surface area (Å²) in [5.41, 5.74) is -0.172. The van der Waals surface area contributed by atoms with Crippen LogP contribution in [0.1, 0.15) is 6.92 Å². The summed E-state index contributed by atoms with van der Waals surface area (Å²) in [4.78, 5) is 14.2. The minimum atomic E-state index is -0.534. The van der Waals surface area contributed by atoms with E-state index in [2.05, 4.69) is 10.3 Å². The number of hydrogen-bond donors (Lipinski definition) is 1. The highest BCUT2D eigenvalue weighted by Gasteiger charge is 2.19. The molecule has 1 heterocycles. The molecule has 0 saturated carbocycles. The van der Waals surface area contributed by atoms with Crippen LogP contribution in [0.25, 0.3) is 0 Å². The average molecular weight is 241 g/mol. The Morgan fingerprint density at radius 2 is 2.29 bits per heavy atom. The monoisotopic (exact) mass is 241 g/mol. The van der Waals surface area contributed by atoms with Crippen molar-refractivity contribution in [1.82, 2.24) is 10.3 Å². The van der Waals surface area contributed by atoms with Crippen molar-refractivity contribution in [2.75, 3.05) is 20.7 Å². The molecule has 0 saturated heterocycles. The van der Waals surface area contributed by atoms with E-state index in [1.807, 2.05) is 0 Å². The second-order valence-corrected chi connectivity index (χ2v) is 3.42. The van der Waals surface area contributed by atoms with Crippen LogP contribution >= 0.6 is 0 Å². The molecule has 1 aromatic rings. The second-order valence-electron chi connectivity index (χ2n) is 3.42. The van der Waals surface area contributed by atoms with Gasteiger partial charge >= 0.3 is 5.69 Å². The summed E-state index contributed by atoms with van der Waals surface area (Å²) in [5, 5.41) is 13.7. The lowest BCUT2D eigenvalue weighted by Crippen LogP contribution is -2.26. The number of nitro groups is 1. The smallest absolute Gasteiger partial charge is 0.331 e. The van der Waals surface area contributed by atoms with Gasteiger partial charge in [0.15, 0.2) is 0 Å². The van der Waals surface area contributed by atoms with Crippen LogP contribution in [0.5, 0.6) is 11.8 Å². The van der Waals surface area contributed by atoms with Crippen molar-refractivity contribution in [2.45, 2.75) is 13.0 Å². The Bertz CT molecular complexity index is 397. The van der Waals surface area contributed by atoms with Crippen LogP contribution in [0.2, 0.25) is 0 Å². The van der Waals surface area contributed by atoms with Gasteiger partial charge in [-0.2, -0.15) is 4.98 Å². The first-order valence-corrected chi connectivity index (χ1v) is 5.09. The largest absolute Gasteiger partial charge is 0.481 e. The van der Waals surface area contributed by atoms with Gasteiger partial charge < -0.3 is 14.8 Å². The quantitative estimate of drug-likeness (QED) is 0.590. The van der Waals surface area contributed by atoms with Crippen molar-refractivity contribution in [3.8, 4) is 11.8 Å². The molecular weight excluding hydrogens is 226 g/mol. The number of likely N-dealkylation sites (N-methyl/N-ethyl adjacent to an activating group) is 1. The lowest BCUT2D eigenvalue weighted by Gasteiger charge is -2.13. The Morgan fingerprint density at radius 3 is 2.82 bits per heavy atom. The van der Waals surface area contributed by atoms with E-state index in [1.54, 1.807) is 14.0 Å². The number of nitrogens with one attached hydrogen (secondary N) is 1. The van der Waals surface area contributed by atoms with Gasteiger partial charge in [0.2, 0.25) is 5.88 Å². The van der Waals surface area contributed by atoms with Crippen molar-refractivity contribution in [2.24, 2.45) is 0 Å². The molecule has 1 unspecified atom stereocenters. The zero-order valence-corrected chi connectivity index (χ0v) is 9.97. The van der Waals surface area contributed by atoms with Crippen molar-refractivity contribution in [3.63, 3.8) is 0 Å². The van der Waals surface area contributed by atoms with Gasteiger partial charge in [-0.1, -0.05) is 0 Å². The number of aromatic nitrogens is 1. The Balaban J connectivity index is 2.96. The molecule has 1 aromatic heterocycles. The van der Waals surface area contributed by atoms with Gasteiger partial charge in [0.1, 0.15) is 6.10 Å². The van der Waals surface area contributed by atoms with Gasteiger partial charge in [0.25, 0.3) is 5.88 Å². The molecule has 0 fully saturated rings. The van der Waals surface area contributed by atoms with Crippen LogP contribution in [-0.4, -0.2) is 36.7 Å². The molecule has 0 aliphatic rings. The number of rotatable bonds is 6. The van der Waals surface area contributed by atoms with Gasteiger partial charge in [-0.05, 0) is 14.0 Å². The fourth-order valence-electron chi connectivity index (χ4n) is 1.28. The molecular formula is C10H15N3O4. The van der Waals surface area contributed by atoms with Crippen LogP contribution in [0.4, 0.5) is 5.69 Å². The zero-order chi connectivity index (χ0) is 12.8. The van der Waals surface area contributed by atoms with Crippen molar-refractivity contribution in [3.05, 3.63) is 22.2 Å². The average Bonchev–Trinajstić information content (AvgIpc) is 2.28. The van der Waals surface area contributed by atoms with Crippen LogP contribution in [-0.2, 0) is 0 Å². The molecule has 1 rings (SSSR count). The Kier molecular flexibility index (Phi) is 4.65. The van der Waals surface area contributed by atoms with Gasteiger partial charge in [0, 0.05) is 18.7 Å². The summed E-state index contributed by atoms with van der Waals surface area (Å²) in [5.74, 6) is 0.249. The molecule has 94 valence electrons. The normalized spacial score (nSPS) is 11.9. The molecule has 0 bridgehead atoms. The first-order valence-electron chi connectivity index (χ1n) is 5.09. The fourth-order valence-corrected chi connectivity index (χ4v) is 1.28. The number of ether oxygens (including phenoxy) is 2. The molecule has 0 amide bonds. The summed E-state index contributed by atoms with van der Waals surface area (Å²) < 4.78 is 10.3.